The molecule has 2 nitrogen and oxygen atoms in total. The topological polar surface area (TPSA) is 32.3 Å². The molecule has 0 aliphatic heterocycles. The number of aliphatic hydroxyl groups is 1. The number of hydrogen-bond acceptors (Lipinski definition) is 2. The molecule has 0 heterocycles. The summed E-state index contributed by atoms with van der Waals surface area (Å²) in [5, 5.41) is 13.7. The third kappa shape index (κ3) is 3.80. The second-order valence-corrected chi connectivity index (χ2v) is 6.23. The molecule has 106 valence electrons. The van der Waals surface area contributed by atoms with Gasteiger partial charge >= 0.3 is 0 Å². The first-order valence-electron chi connectivity index (χ1n) is 7.59. The summed E-state index contributed by atoms with van der Waals surface area (Å²) in [6, 6.07) is 8.88. The first-order valence-corrected chi connectivity index (χ1v) is 7.59. The van der Waals surface area contributed by atoms with Gasteiger partial charge in [-0.25, -0.2) is 0 Å². The Morgan fingerprint density at radius 1 is 1.11 bits per heavy atom. The number of rotatable bonds is 6. The van der Waals surface area contributed by atoms with Crippen LogP contribution in [0, 0.1) is 5.92 Å². The molecule has 1 aliphatic carbocycles. The van der Waals surface area contributed by atoms with Crippen LogP contribution in [-0.2, 0) is 0 Å². The van der Waals surface area contributed by atoms with Gasteiger partial charge in [0.05, 0.1) is 6.10 Å². The number of aliphatic hydroxyl groups excluding tert-OH is 1. The Labute approximate surface area is 117 Å². The van der Waals surface area contributed by atoms with Crippen LogP contribution in [0.4, 0.5) is 0 Å². The van der Waals surface area contributed by atoms with E-state index in [9.17, 15) is 5.11 Å². The van der Waals surface area contributed by atoms with Crippen LogP contribution in [0.3, 0.4) is 0 Å². The van der Waals surface area contributed by atoms with Crippen molar-refractivity contribution in [3.8, 4) is 0 Å². The molecule has 2 N–H and O–H groups in total. The molecule has 1 saturated carbocycles. The fourth-order valence-electron chi connectivity index (χ4n) is 2.62. The first-order chi connectivity index (χ1) is 9.08. The lowest BCUT2D eigenvalue weighted by Crippen LogP contribution is -2.39. The average molecular weight is 261 g/mol. The van der Waals surface area contributed by atoms with Crippen LogP contribution >= 0.6 is 0 Å². The molecule has 1 fully saturated rings. The predicted octanol–water partition coefficient (Wildman–Crippen LogP) is 3.62. The third-order valence-electron chi connectivity index (χ3n) is 4.48. The molecule has 19 heavy (non-hydrogen) atoms. The molecule has 0 radical (unpaired) electrons. The van der Waals surface area contributed by atoms with Crippen LogP contribution in [0.2, 0.25) is 0 Å². The summed E-state index contributed by atoms with van der Waals surface area (Å²) in [4.78, 5) is 0. The fraction of sp³-hybridized carbons (Fsp3) is 0.647. The van der Waals surface area contributed by atoms with Crippen LogP contribution in [0.25, 0.3) is 0 Å². The van der Waals surface area contributed by atoms with Crippen molar-refractivity contribution < 1.29 is 5.11 Å². The van der Waals surface area contributed by atoms with Gasteiger partial charge in [0, 0.05) is 12.6 Å². The molecular weight excluding hydrogens is 234 g/mol. The van der Waals surface area contributed by atoms with Crippen LogP contribution in [0.5, 0.6) is 0 Å². The molecule has 0 aromatic heterocycles. The van der Waals surface area contributed by atoms with Crippen LogP contribution < -0.4 is 5.32 Å². The minimum Gasteiger partial charge on any atom is -0.387 e. The average Bonchev–Trinajstić information content (AvgIpc) is 2.34. The van der Waals surface area contributed by atoms with Crippen molar-refractivity contribution in [2.24, 2.45) is 5.92 Å². The number of hydrogen-bond donors (Lipinski definition) is 2. The molecule has 0 bridgehead atoms. The first kappa shape index (κ1) is 14.5. The maximum absolute atomic E-state index is 10.2. The molecule has 2 unspecified atom stereocenters. The molecule has 2 heteroatoms. The molecule has 1 aliphatic rings. The zero-order valence-electron chi connectivity index (χ0n) is 12.4. The van der Waals surface area contributed by atoms with E-state index in [0.717, 1.165) is 11.5 Å². The van der Waals surface area contributed by atoms with E-state index in [1.807, 2.05) is 0 Å². The van der Waals surface area contributed by atoms with Crippen molar-refractivity contribution in [2.45, 2.75) is 58.1 Å². The molecular formula is C17H27NO. The highest BCUT2D eigenvalue weighted by Gasteiger charge is 2.23. The number of nitrogens with one attached hydrogen (secondary N) is 1. The maximum Gasteiger partial charge on any atom is 0.0914 e. The lowest BCUT2D eigenvalue weighted by molar-refractivity contribution is 0.155. The highest BCUT2D eigenvalue weighted by atomic mass is 16.3. The summed E-state index contributed by atoms with van der Waals surface area (Å²) in [6.07, 6.45) is 3.65. The summed E-state index contributed by atoms with van der Waals surface area (Å²) in [6.45, 7) is 7.26. The Morgan fingerprint density at radius 3 is 2.16 bits per heavy atom. The lowest BCUT2D eigenvalue weighted by atomic mass is 9.80. The zero-order valence-corrected chi connectivity index (χ0v) is 12.4. The van der Waals surface area contributed by atoms with E-state index in [1.165, 1.54) is 24.8 Å². The summed E-state index contributed by atoms with van der Waals surface area (Å²) in [7, 11) is 0. The Kier molecular flexibility index (Phi) is 5.00. The van der Waals surface area contributed by atoms with Gasteiger partial charge < -0.3 is 10.4 Å². The number of benzene rings is 1. The van der Waals surface area contributed by atoms with E-state index in [0.29, 0.717) is 18.5 Å². The van der Waals surface area contributed by atoms with Crippen LogP contribution in [-0.4, -0.2) is 17.7 Å². The van der Waals surface area contributed by atoms with Gasteiger partial charge in [-0.3, -0.25) is 0 Å². The van der Waals surface area contributed by atoms with Crippen molar-refractivity contribution in [3.05, 3.63) is 35.4 Å². The van der Waals surface area contributed by atoms with E-state index in [4.69, 9.17) is 0 Å². The lowest BCUT2D eigenvalue weighted by Gasteiger charge is -2.32. The smallest absolute Gasteiger partial charge is 0.0914 e. The maximum atomic E-state index is 10.2. The van der Waals surface area contributed by atoms with Crippen molar-refractivity contribution in [3.63, 3.8) is 0 Å². The van der Waals surface area contributed by atoms with Gasteiger partial charge in [-0.15, -0.1) is 0 Å². The highest BCUT2D eigenvalue weighted by molar-refractivity contribution is 5.26. The van der Waals surface area contributed by atoms with E-state index in [2.05, 4.69) is 50.4 Å². The van der Waals surface area contributed by atoms with E-state index in [1.54, 1.807) is 0 Å². The molecule has 0 saturated heterocycles. The van der Waals surface area contributed by atoms with E-state index in [-0.39, 0.29) is 0 Å². The fourth-order valence-corrected chi connectivity index (χ4v) is 2.62. The Bertz CT molecular complexity index is 381. The molecule has 0 amide bonds. The van der Waals surface area contributed by atoms with Gasteiger partial charge in [0.2, 0.25) is 0 Å². The predicted molar refractivity (Wildman–Crippen MR) is 80.3 cm³/mol. The molecule has 1 aromatic rings. The highest BCUT2D eigenvalue weighted by Crippen LogP contribution is 2.29. The summed E-state index contributed by atoms with van der Waals surface area (Å²) in [5.74, 6) is 1.36. The Morgan fingerprint density at radius 2 is 1.68 bits per heavy atom. The van der Waals surface area contributed by atoms with Gasteiger partial charge in [-0.2, -0.15) is 0 Å². The molecule has 1 aromatic carbocycles. The van der Waals surface area contributed by atoms with Crippen molar-refractivity contribution in [1.82, 2.24) is 5.32 Å². The van der Waals surface area contributed by atoms with Gasteiger partial charge in [0.1, 0.15) is 0 Å². The van der Waals surface area contributed by atoms with Gasteiger partial charge in [-0.05, 0) is 42.7 Å². The summed E-state index contributed by atoms with van der Waals surface area (Å²) < 4.78 is 0. The van der Waals surface area contributed by atoms with Crippen molar-refractivity contribution >= 4 is 0 Å². The molecule has 2 atom stereocenters. The SMILES string of the molecule is CC(C)c1ccc(C(O)CNC(C)C2CCC2)cc1. The largest absolute Gasteiger partial charge is 0.387 e. The Hall–Kier alpha value is -0.860. The monoisotopic (exact) mass is 261 g/mol. The zero-order chi connectivity index (χ0) is 13.8. The second kappa shape index (κ2) is 6.53. The molecule has 2 rings (SSSR count). The van der Waals surface area contributed by atoms with Gasteiger partial charge in [0.15, 0.2) is 0 Å². The van der Waals surface area contributed by atoms with Crippen molar-refractivity contribution in [2.75, 3.05) is 6.54 Å². The quantitative estimate of drug-likeness (QED) is 0.819. The van der Waals surface area contributed by atoms with Crippen molar-refractivity contribution in [1.29, 1.82) is 0 Å². The minimum atomic E-state index is -0.399. The van der Waals surface area contributed by atoms with Gasteiger partial charge in [0.25, 0.3) is 0 Å². The third-order valence-corrected chi connectivity index (χ3v) is 4.48. The van der Waals surface area contributed by atoms with E-state index < -0.39 is 6.10 Å². The summed E-state index contributed by atoms with van der Waals surface area (Å²) >= 11 is 0. The van der Waals surface area contributed by atoms with Crippen LogP contribution in [0.1, 0.15) is 63.2 Å². The van der Waals surface area contributed by atoms with E-state index >= 15 is 0 Å². The van der Waals surface area contributed by atoms with Crippen LogP contribution in [0.15, 0.2) is 24.3 Å². The van der Waals surface area contributed by atoms with Gasteiger partial charge in [-0.1, -0.05) is 44.5 Å². The molecule has 0 spiro atoms. The standard InChI is InChI=1S/C17H27NO/c1-12(2)14-7-9-16(10-8-14)17(19)11-18-13(3)15-5-4-6-15/h7-10,12-13,15,17-19H,4-6,11H2,1-3H3. The minimum absolute atomic E-state index is 0.399. The second-order valence-electron chi connectivity index (χ2n) is 6.23. The normalized spacial score (nSPS) is 19.2. The Balaban J connectivity index is 1.83. The summed E-state index contributed by atoms with van der Waals surface area (Å²) in [5.41, 5.74) is 2.34.